The summed E-state index contributed by atoms with van der Waals surface area (Å²) in [6, 6.07) is 9.11. The van der Waals surface area contributed by atoms with Gasteiger partial charge in [-0.1, -0.05) is 90.2 Å². The first-order valence-electron chi connectivity index (χ1n) is 10.3. The molecule has 0 saturated carbocycles. The Kier molecular flexibility index (Phi) is 6.89. The van der Waals surface area contributed by atoms with Crippen LogP contribution in [0, 0.1) is 11.3 Å². The number of allylic oxidation sites excluding steroid dienone is 4. The first-order chi connectivity index (χ1) is 12.9. The van der Waals surface area contributed by atoms with Crippen LogP contribution in [0.25, 0.3) is 5.57 Å². The normalized spacial score (nSPS) is 21.2. The van der Waals surface area contributed by atoms with Crippen molar-refractivity contribution in [2.75, 3.05) is 7.05 Å². The molecular weight excluding hydrogens is 358 g/mol. The molecule has 2 unspecified atom stereocenters. The van der Waals surface area contributed by atoms with Crippen molar-refractivity contribution in [2.45, 2.75) is 66.8 Å². The minimum atomic E-state index is 0.0152. The van der Waals surface area contributed by atoms with Gasteiger partial charge in [-0.15, -0.1) is 0 Å². The van der Waals surface area contributed by atoms with Gasteiger partial charge in [0.2, 0.25) is 0 Å². The molecule has 1 aliphatic rings. The molecule has 2 rings (SSSR count). The second kappa shape index (κ2) is 8.47. The highest BCUT2D eigenvalue weighted by Crippen LogP contribution is 2.44. The Morgan fingerprint density at radius 2 is 1.68 bits per heavy atom. The van der Waals surface area contributed by atoms with Gasteiger partial charge in [0.05, 0.1) is 0 Å². The number of likely N-dealkylation sites (N-methyl/N-ethyl adjacent to an activating group) is 1. The van der Waals surface area contributed by atoms with E-state index in [1.165, 1.54) is 22.3 Å². The van der Waals surface area contributed by atoms with Gasteiger partial charge in [-0.25, -0.2) is 0 Å². The maximum atomic E-state index is 5.73. The zero-order valence-electron chi connectivity index (χ0n) is 19.1. The minimum absolute atomic E-state index is 0.0152. The first-order valence-corrected chi connectivity index (χ1v) is 10.7. The van der Waals surface area contributed by atoms with Crippen molar-refractivity contribution in [1.82, 2.24) is 5.32 Å². The smallest absolute Gasteiger partial charge is 0.0316 e. The lowest BCUT2D eigenvalue weighted by Crippen LogP contribution is -2.35. The van der Waals surface area contributed by atoms with E-state index in [1.807, 2.05) is 14.0 Å². The quantitative estimate of drug-likeness (QED) is 0.430. The summed E-state index contributed by atoms with van der Waals surface area (Å²) in [5, 5.41) is 3.42. The van der Waals surface area contributed by atoms with Gasteiger partial charge in [0.15, 0.2) is 0 Å². The minimum Gasteiger partial charge on any atom is -0.313 e. The molecule has 1 aliphatic carbocycles. The Hall–Kier alpha value is -1.51. The molecule has 0 aromatic heterocycles. The highest BCUT2D eigenvalue weighted by Gasteiger charge is 2.36. The van der Waals surface area contributed by atoms with E-state index in [2.05, 4.69) is 96.3 Å². The second-order valence-corrected chi connectivity index (χ2v) is 10.3. The van der Waals surface area contributed by atoms with E-state index >= 15 is 0 Å². The lowest BCUT2D eigenvalue weighted by atomic mass is 9.63. The molecule has 0 radical (unpaired) electrons. The highest BCUT2D eigenvalue weighted by molar-refractivity contribution is 7.81. The zero-order chi connectivity index (χ0) is 21.3. The second-order valence-electron chi connectivity index (χ2n) is 9.68. The van der Waals surface area contributed by atoms with E-state index in [1.54, 1.807) is 0 Å². The molecule has 0 spiro atoms. The monoisotopic (exact) mass is 395 g/mol. The standard InChI is InChI=1S/C26H37NS/c1-17-14-18(2)24(27-9)16-20(17)15-22(19(3)28)21-12-10-11-13-23(21)26(7,8)25(4,5)6/h10-16,18,24,27H,1-9H3/b22-15+. The Labute approximate surface area is 178 Å². The van der Waals surface area contributed by atoms with Crippen molar-refractivity contribution < 1.29 is 0 Å². The summed E-state index contributed by atoms with van der Waals surface area (Å²) in [5.74, 6) is 0.492. The third-order valence-corrected chi connectivity index (χ3v) is 6.89. The lowest BCUT2D eigenvalue weighted by Gasteiger charge is -2.41. The average Bonchev–Trinajstić information content (AvgIpc) is 2.60. The molecule has 0 bridgehead atoms. The molecule has 2 heteroatoms. The van der Waals surface area contributed by atoms with Gasteiger partial charge in [-0.3, -0.25) is 0 Å². The van der Waals surface area contributed by atoms with Crippen LogP contribution in [0.4, 0.5) is 0 Å². The molecule has 28 heavy (non-hydrogen) atoms. The molecule has 0 aliphatic heterocycles. The van der Waals surface area contributed by atoms with Gasteiger partial charge < -0.3 is 5.32 Å². The van der Waals surface area contributed by atoms with E-state index in [4.69, 9.17) is 12.2 Å². The fraction of sp³-hybridized carbons (Fsp3) is 0.500. The molecule has 0 amide bonds. The Balaban J connectivity index is 2.66. The topological polar surface area (TPSA) is 12.0 Å². The number of benzene rings is 1. The maximum absolute atomic E-state index is 5.73. The van der Waals surface area contributed by atoms with Gasteiger partial charge in [0.25, 0.3) is 0 Å². The molecule has 0 saturated heterocycles. The Bertz CT molecular complexity index is 830. The third kappa shape index (κ3) is 4.55. The summed E-state index contributed by atoms with van der Waals surface area (Å²) in [4.78, 5) is 0.936. The molecule has 2 atom stereocenters. The largest absolute Gasteiger partial charge is 0.313 e. The van der Waals surface area contributed by atoms with Crippen molar-refractivity contribution in [1.29, 1.82) is 0 Å². The Morgan fingerprint density at radius 3 is 2.21 bits per heavy atom. The maximum Gasteiger partial charge on any atom is 0.0316 e. The molecular formula is C26H37NS. The molecule has 1 aromatic carbocycles. The average molecular weight is 396 g/mol. The van der Waals surface area contributed by atoms with E-state index in [9.17, 15) is 0 Å². The van der Waals surface area contributed by atoms with Crippen LogP contribution in [0.5, 0.6) is 0 Å². The van der Waals surface area contributed by atoms with Crippen molar-refractivity contribution in [2.24, 2.45) is 11.3 Å². The number of rotatable bonds is 5. The molecule has 152 valence electrons. The third-order valence-electron chi connectivity index (χ3n) is 6.67. The van der Waals surface area contributed by atoms with Crippen molar-refractivity contribution in [3.05, 3.63) is 64.8 Å². The number of hydrogen-bond donors (Lipinski definition) is 1. The van der Waals surface area contributed by atoms with Crippen LogP contribution < -0.4 is 5.32 Å². The predicted molar refractivity (Wildman–Crippen MR) is 129 cm³/mol. The van der Waals surface area contributed by atoms with Crippen LogP contribution in [0.3, 0.4) is 0 Å². The lowest BCUT2D eigenvalue weighted by molar-refractivity contribution is 0.225. The molecule has 1 nitrogen and oxygen atoms in total. The fourth-order valence-corrected chi connectivity index (χ4v) is 3.94. The number of nitrogens with one attached hydrogen (secondary N) is 1. The van der Waals surface area contributed by atoms with E-state index in [0.717, 1.165) is 10.4 Å². The number of thiocarbonyl (C=S) groups is 1. The van der Waals surface area contributed by atoms with Crippen LogP contribution in [0.1, 0.15) is 66.5 Å². The van der Waals surface area contributed by atoms with Gasteiger partial charge in [0.1, 0.15) is 0 Å². The Morgan fingerprint density at radius 1 is 1.07 bits per heavy atom. The van der Waals surface area contributed by atoms with Crippen molar-refractivity contribution >= 4 is 22.7 Å². The SMILES string of the molecule is CNC1C=C(/C=C(\C(C)=S)c2ccccc2C(C)(C)C(C)(C)C)C(C)=CC1C. The van der Waals surface area contributed by atoms with Crippen molar-refractivity contribution in [3.8, 4) is 0 Å². The molecule has 1 N–H and O–H groups in total. The van der Waals surface area contributed by atoms with Crippen LogP contribution in [-0.4, -0.2) is 18.0 Å². The van der Waals surface area contributed by atoms with Gasteiger partial charge in [-0.05, 0) is 71.6 Å². The summed E-state index contributed by atoms with van der Waals surface area (Å²) in [6.45, 7) is 18.1. The summed E-state index contributed by atoms with van der Waals surface area (Å²) in [5.41, 5.74) is 6.50. The van der Waals surface area contributed by atoms with Crippen LogP contribution in [0.15, 0.2) is 53.6 Å². The summed E-state index contributed by atoms with van der Waals surface area (Å²) < 4.78 is 0. The molecule has 1 aromatic rings. The van der Waals surface area contributed by atoms with Crippen LogP contribution in [0.2, 0.25) is 0 Å². The van der Waals surface area contributed by atoms with Crippen LogP contribution in [-0.2, 0) is 5.41 Å². The van der Waals surface area contributed by atoms with Gasteiger partial charge in [-0.2, -0.15) is 0 Å². The highest BCUT2D eigenvalue weighted by atomic mass is 32.1. The van der Waals surface area contributed by atoms with E-state index in [-0.39, 0.29) is 10.8 Å². The summed E-state index contributed by atoms with van der Waals surface area (Å²) in [6.07, 6.45) is 6.99. The van der Waals surface area contributed by atoms with Crippen molar-refractivity contribution in [3.63, 3.8) is 0 Å². The predicted octanol–water partition coefficient (Wildman–Crippen LogP) is 6.89. The fourth-order valence-electron chi connectivity index (χ4n) is 3.77. The van der Waals surface area contributed by atoms with E-state index in [0.29, 0.717) is 12.0 Å². The zero-order valence-corrected chi connectivity index (χ0v) is 19.9. The van der Waals surface area contributed by atoms with Crippen LogP contribution >= 0.6 is 12.2 Å². The van der Waals surface area contributed by atoms with Gasteiger partial charge in [0, 0.05) is 10.9 Å². The number of hydrogen-bond acceptors (Lipinski definition) is 2. The van der Waals surface area contributed by atoms with Gasteiger partial charge >= 0.3 is 0 Å². The molecule has 0 heterocycles. The molecule has 0 fully saturated rings. The first kappa shape index (κ1) is 22.8. The summed E-state index contributed by atoms with van der Waals surface area (Å²) in [7, 11) is 2.03. The summed E-state index contributed by atoms with van der Waals surface area (Å²) >= 11 is 5.73. The van der Waals surface area contributed by atoms with E-state index < -0.39 is 0 Å².